The molecule has 2 aliphatic heterocycles. The van der Waals surface area contributed by atoms with Gasteiger partial charge in [0.25, 0.3) is 5.91 Å². The van der Waals surface area contributed by atoms with E-state index in [-0.39, 0.29) is 41.9 Å². The van der Waals surface area contributed by atoms with Crippen molar-refractivity contribution >= 4 is 21.6 Å². The highest BCUT2D eigenvalue weighted by atomic mass is 32.2. The number of likely N-dealkylation sites (N-methyl/N-ethyl adjacent to an activating group) is 1. The van der Waals surface area contributed by atoms with E-state index in [4.69, 9.17) is 23.7 Å². The number of carbonyl (C=O) groups is 1. The summed E-state index contributed by atoms with van der Waals surface area (Å²) in [6, 6.07) is 12.9. The van der Waals surface area contributed by atoms with Crippen LogP contribution < -0.4 is 24.3 Å². The zero-order valence-corrected chi connectivity index (χ0v) is 20.7. The smallest absolute Gasteiger partial charge is 0.259 e. The van der Waals surface area contributed by atoms with Crippen molar-refractivity contribution in [2.45, 2.75) is 11.8 Å². The quantitative estimate of drug-likeness (QED) is 0.503. The fraction of sp³-hybridized carbons (Fsp3) is 0.240. The Morgan fingerprint density at radius 1 is 1.00 bits per heavy atom. The van der Waals surface area contributed by atoms with Crippen LogP contribution in [0.1, 0.15) is 15.9 Å². The molecule has 3 aromatic rings. The summed E-state index contributed by atoms with van der Waals surface area (Å²) >= 11 is 0. The van der Waals surface area contributed by atoms with Gasteiger partial charge in [0.2, 0.25) is 16.8 Å². The molecule has 0 spiro atoms. The number of nitrogens with one attached hydrogen (secondary N) is 1. The number of methoxy groups -OCH3 is 1. The summed E-state index contributed by atoms with van der Waals surface area (Å²) in [5.41, 5.74) is 1.47. The van der Waals surface area contributed by atoms with E-state index in [1.807, 2.05) is 13.0 Å². The number of sulfonamides is 1. The van der Waals surface area contributed by atoms with E-state index < -0.39 is 15.9 Å². The molecule has 0 saturated heterocycles. The van der Waals surface area contributed by atoms with Crippen molar-refractivity contribution in [3.63, 3.8) is 0 Å². The Hall–Kier alpha value is -3.80. The predicted octanol–water partition coefficient (Wildman–Crippen LogP) is 4.14. The Morgan fingerprint density at radius 3 is 2.58 bits per heavy atom. The number of nitrogens with zero attached hydrogens (tertiary/aromatic N) is 1. The Bertz CT molecular complexity index is 1450. The van der Waals surface area contributed by atoms with Crippen LogP contribution in [0.25, 0.3) is 0 Å². The molecule has 0 unspecified atom stereocenters. The zero-order chi connectivity index (χ0) is 25.4. The van der Waals surface area contributed by atoms with Crippen molar-refractivity contribution in [2.75, 3.05) is 39.4 Å². The minimum atomic E-state index is -4.08. The van der Waals surface area contributed by atoms with Crippen molar-refractivity contribution in [3.8, 4) is 34.5 Å². The summed E-state index contributed by atoms with van der Waals surface area (Å²) in [5, 5.41) is 2.80. The lowest BCUT2D eigenvalue weighted by Gasteiger charge is -2.20. The summed E-state index contributed by atoms with van der Waals surface area (Å²) in [6.45, 7) is 2.27. The molecule has 10 nitrogen and oxygen atoms in total. The van der Waals surface area contributed by atoms with E-state index in [1.165, 1.54) is 26.3 Å². The van der Waals surface area contributed by atoms with Gasteiger partial charge in [0.1, 0.15) is 16.4 Å². The lowest BCUT2D eigenvalue weighted by molar-refractivity contribution is 0.102. The Morgan fingerprint density at radius 2 is 1.78 bits per heavy atom. The summed E-state index contributed by atoms with van der Waals surface area (Å²) in [6.07, 6.45) is 0. The van der Waals surface area contributed by atoms with Crippen LogP contribution in [-0.4, -0.2) is 52.7 Å². The fourth-order valence-corrected chi connectivity index (χ4v) is 5.07. The topological polar surface area (TPSA) is 113 Å². The number of anilines is 1. The van der Waals surface area contributed by atoms with Crippen LogP contribution in [0.5, 0.6) is 34.5 Å². The average Bonchev–Trinajstić information content (AvgIpc) is 3.26. The molecule has 0 bridgehead atoms. The van der Waals surface area contributed by atoms with Crippen LogP contribution in [-0.2, 0) is 14.8 Å². The second kappa shape index (κ2) is 9.34. The van der Waals surface area contributed by atoms with Gasteiger partial charge in [0.05, 0.1) is 17.9 Å². The molecule has 188 valence electrons. The molecule has 0 atom stereocenters. The zero-order valence-electron chi connectivity index (χ0n) is 19.9. The average molecular weight is 513 g/mol. The van der Waals surface area contributed by atoms with Crippen LogP contribution in [0, 0.1) is 6.92 Å². The van der Waals surface area contributed by atoms with Gasteiger partial charge in [0, 0.05) is 32.8 Å². The Labute approximate surface area is 208 Å². The molecule has 1 amide bonds. The molecule has 2 heterocycles. The number of hydrogen-bond acceptors (Lipinski definition) is 8. The fourth-order valence-electron chi connectivity index (χ4n) is 3.80. The maximum atomic E-state index is 13.6. The highest BCUT2D eigenvalue weighted by molar-refractivity contribution is 7.89. The first-order chi connectivity index (χ1) is 17.3. The van der Waals surface area contributed by atoms with E-state index in [1.54, 1.807) is 30.3 Å². The summed E-state index contributed by atoms with van der Waals surface area (Å²) in [4.78, 5) is 12.9. The number of aryl methyl sites for hydroxylation is 1. The standard InChI is InChI=1S/C25H24N2O8S/c1-15-4-6-19-18(10-15)26-25(28)17-12-24(36(29,30)27(2)8-9-31-3)23(13-21(17)35-19)34-16-5-7-20-22(11-16)33-14-32-20/h4-7,10-13H,8-9,14H2,1-3H3,(H,26,28). The molecule has 0 radical (unpaired) electrons. The van der Waals surface area contributed by atoms with Crippen LogP contribution >= 0.6 is 0 Å². The van der Waals surface area contributed by atoms with Crippen LogP contribution in [0.2, 0.25) is 0 Å². The van der Waals surface area contributed by atoms with Gasteiger partial charge in [-0.25, -0.2) is 8.42 Å². The monoisotopic (exact) mass is 512 g/mol. The van der Waals surface area contributed by atoms with E-state index in [0.717, 1.165) is 9.87 Å². The van der Waals surface area contributed by atoms with Gasteiger partial charge >= 0.3 is 0 Å². The first-order valence-corrected chi connectivity index (χ1v) is 12.5. The van der Waals surface area contributed by atoms with Crippen molar-refractivity contribution in [2.24, 2.45) is 0 Å². The van der Waals surface area contributed by atoms with Crippen molar-refractivity contribution in [1.29, 1.82) is 0 Å². The molecule has 5 rings (SSSR count). The molecule has 0 aromatic heterocycles. The highest BCUT2D eigenvalue weighted by Gasteiger charge is 2.31. The molecular weight excluding hydrogens is 488 g/mol. The largest absolute Gasteiger partial charge is 0.456 e. The molecule has 0 saturated carbocycles. The predicted molar refractivity (Wildman–Crippen MR) is 130 cm³/mol. The van der Waals surface area contributed by atoms with E-state index in [9.17, 15) is 13.2 Å². The first kappa shape index (κ1) is 23.9. The number of carbonyl (C=O) groups excluding carboxylic acids is 1. The molecule has 11 heteroatoms. The van der Waals surface area contributed by atoms with Crippen LogP contribution in [0.15, 0.2) is 53.4 Å². The van der Waals surface area contributed by atoms with Gasteiger partial charge in [-0.05, 0) is 42.8 Å². The number of benzene rings is 3. The molecule has 2 aliphatic rings. The van der Waals surface area contributed by atoms with Gasteiger partial charge in [-0.1, -0.05) is 6.07 Å². The SMILES string of the molecule is COCCN(C)S(=O)(=O)c1cc2c(cc1Oc1ccc3c(c1)OCO3)Oc1ccc(C)cc1NC2=O. The van der Waals surface area contributed by atoms with Crippen LogP contribution in [0.4, 0.5) is 5.69 Å². The summed E-state index contributed by atoms with van der Waals surface area (Å²) in [5.74, 6) is 1.43. The second-order valence-electron chi connectivity index (χ2n) is 8.29. The third kappa shape index (κ3) is 4.43. The third-order valence-corrected chi connectivity index (χ3v) is 7.64. The molecule has 0 fully saturated rings. The minimum absolute atomic E-state index is 0.0137. The van der Waals surface area contributed by atoms with E-state index >= 15 is 0 Å². The van der Waals surface area contributed by atoms with Crippen molar-refractivity contribution in [1.82, 2.24) is 4.31 Å². The summed E-state index contributed by atoms with van der Waals surface area (Å²) in [7, 11) is -1.17. The summed E-state index contributed by atoms with van der Waals surface area (Å²) < 4.78 is 56.1. The second-order valence-corrected chi connectivity index (χ2v) is 10.3. The number of hydrogen-bond donors (Lipinski definition) is 1. The molecule has 36 heavy (non-hydrogen) atoms. The molecule has 1 N–H and O–H groups in total. The van der Waals surface area contributed by atoms with Crippen LogP contribution in [0.3, 0.4) is 0 Å². The first-order valence-electron chi connectivity index (χ1n) is 11.1. The molecular formula is C25H24N2O8S. The van der Waals surface area contributed by atoms with Crippen molar-refractivity contribution < 1.29 is 36.9 Å². The third-order valence-electron chi connectivity index (χ3n) is 5.76. The minimum Gasteiger partial charge on any atom is -0.456 e. The lowest BCUT2D eigenvalue weighted by Crippen LogP contribution is -2.30. The Balaban J connectivity index is 1.62. The van der Waals surface area contributed by atoms with Gasteiger partial charge < -0.3 is 29.0 Å². The number of rotatable bonds is 7. The van der Waals surface area contributed by atoms with Crippen molar-refractivity contribution in [3.05, 3.63) is 59.7 Å². The maximum Gasteiger partial charge on any atom is 0.259 e. The molecule has 0 aliphatic carbocycles. The van der Waals surface area contributed by atoms with Gasteiger partial charge in [-0.2, -0.15) is 4.31 Å². The lowest BCUT2D eigenvalue weighted by atomic mass is 10.1. The Kier molecular flexibility index (Phi) is 6.20. The van der Waals surface area contributed by atoms with Gasteiger partial charge in [-0.3, -0.25) is 4.79 Å². The highest BCUT2D eigenvalue weighted by Crippen LogP contribution is 2.43. The van der Waals surface area contributed by atoms with E-state index in [0.29, 0.717) is 28.7 Å². The molecule has 3 aromatic carbocycles. The normalized spacial score (nSPS) is 13.9. The van der Waals surface area contributed by atoms with Gasteiger partial charge in [-0.15, -0.1) is 0 Å². The number of amides is 1. The number of fused-ring (bicyclic) bond motifs is 3. The number of ether oxygens (including phenoxy) is 5. The maximum absolute atomic E-state index is 13.6. The van der Waals surface area contributed by atoms with E-state index in [2.05, 4.69) is 5.32 Å². The van der Waals surface area contributed by atoms with Gasteiger partial charge in [0.15, 0.2) is 23.0 Å².